The average Bonchev–Trinajstić information content (AvgIpc) is 3.59. The van der Waals surface area contributed by atoms with Crippen molar-refractivity contribution in [3.8, 4) is 11.3 Å². The number of hydrogen-bond donors (Lipinski definition) is 1. The number of pyridine rings is 1. The van der Waals surface area contributed by atoms with E-state index in [-0.39, 0.29) is 12.0 Å². The third-order valence-electron chi connectivity index (χ3n) is 5.92. The van der Waals surface area contributed by atoms with Crippen molar-refractivity contribution in [2.75, 3.05) is 24.7 Å². The molecular formula is C21H19FN8O. The quantitative estimate of drug-likeness (QED) is 0.467. The Bertz CT molecular complexity index is 1320. The van der Waals surface area contributed by atoms with Gasteiger partial charge in [0.05, 0.1) is 17.9 Å². The number of oxazole rings is 1. The highest BCUT2D eigenvalue weighted by atomic mass is 19.1. The second-order valence-corrected chi connectivity index (χ2v) is 7.71. The summed E-state index contributed by atoms with van der Waals surface area (Å²) < 4.78 is 21.7. The van der Waals surface area contributed by atoms with Gasteiger partial charge in [0, 0.05) is 48.5 Å². The minimum atomic E-state index is -0.502. The molecule has 1 unspecified atom stereocenters. The monoisotopic (exact) mass is 418 g/mol. The zero-order valence-corrected chi connectivity index (χ0v) is 16.5. The third-order valence-corrected chi connectivity index (χ3v) is 5.92. The Morgan fingerprint density at radius 2 is 2.23 bits per heavy atom. The van der Waals surface area contributed by atoms with Crippen molar-refractivity contribution in [1.82, 2.24) is 34.7 Å². The maximum atomic E-state index is 14.1. The second-order valence-electron chi connectivity index (χ2n) is 7.71. The molecule has 9 nitrogen and oxygen atoms in total. The van der Waals surface area contributed by atoms with Crippen molar-refractivity contribution in [2.24, 2.45) is 5.92 Å². The number of alkyl halides is 1. The van der Waals surface area contributed by atoms with Crippen molar-refractivity contribution < 1.29 is 8.81 Å². The molecule has 31 heavy (non-hydrogen) atoms. The molecule has 0 spiro atoms. The molecule has 0 bridgehead atoms. The van der Waals surface area contributed by atoms with E-state index in [9.17, 15) is 4.39 Å². The van der Waals surface area contributed by atoms with Crippen LogP contribution in [0.3, 0.4) is 0 Å². The molecule has 1 fully saturated rings. The zero-order valence-electron chi connectivity index (χ0n) is 16.5. The summed E-state index contributed by atoms with van der Waals surface area (Å²) in [7, 11) is 0. The van der Waals surface area contributed by atoms with Gasteiger partial charge in [0.2, 0.25) is 5.71 Å². The van der Waals surface area contributed by atoms with Crippen molar-refractivity contribution >= 4 is 28.3 Å². The Kier molecular flexibility index (Phi) is 4.15. The van der Waals surface area contributed by atoms with E-state index in [0.29, 0.717) is 18.3 Å². The largest absolute Gasteiger partial charge is 0.404 e. The predicted octanol–water partition coefficient (Wildman–Crippen LogP) is 3.39. The van der Waals surface area contributed by atoms with Crippen LogP contribution in [-0.2, 0) is 0 Å². The molecule has 1 aliphatic heterocycles. The molecule has 1 saturated heterocycles. The van der Waals surface area contributed by atoms with Crippen LogP contribution in [0.15, 0.2) is 53.7 Å². The van der Waals surface area contributed by atoms with Crippen LogP contribution in [0.4, 0.5) is 10.4 Å². The van der Waals surface area contributed by atoms with E-state index in [0.717, 1.165) is 40.8 Å². The van der Waals surface area contributed by atoms with Crippen LogP contribution in [0.25, 0.3) is 33.5 Å². The van der Waals surface area contributed by atoms with Crippen LogP contribution < -0.4 is 4.90 Å². The van der Waals surface area contributed by atoms with E-state index < -0.39 is 6.67 Å². The van der Waals surface area contributed by atoms with Crippen molar-refractivity contribution in [1.29, 1.82) is 0 Å². The van der Waals surface area contributed by atoms with Gasteiger partial charge in [-0.3, -0.25) is 4.68 Å². The molecule has 2 atom stereocenters. The fraction of sp³-hybridized carbons (Fsp3) is 0.286. The van der Waals surface area contributed by atoms with Crippen LogP contribution in [0.2, 0.25) is 0 Å². The van der Waals surface area contributed by atoms with Crippen LogP contribution >= 0.6 is 0 Å². The number of rotatable bonds is 5. The lowest BCUT2D eigenvalue weighted by Gasteiger charge is -2.21. The summed E-state index contributed by atoms with van der Waals surface area (Å²) in [5, 5.41) is 5.38. The summed E-state index contributed by atoms with van der Waals surface area (Å²) in [5.74, 6) is 0.0819. The molecule has 5 aromatic rings. The van der Waals surface area contributed by atoms with E-state index in [2.05, 4.69) is 30.0 Å². The molecular weight excluding hydrogens is 399 g/mol. The Hall–Kier alpha value is -3.82. The third kappa shape index (κ3) is 3.02. The first kappa shape index (κ1) is 18.0. The maximum absolute atomic E-state index is 14.1. The highest BCUT2D eigenvalue weighted by Crippen LogP contribution is 2.33. The van der Waals surface area contributed by atoms with E-state index in [4.69, 9.17) is 4.42 Å². The van der Waals surface area contributed by atoms with Crippen LogP contribution in [0, 0.1) is 5.92 Å². The molecule has 156 valence electrons. The summed E-state index contributed by atoms with van der Waals surface area (Å²) in [6, 6.07) is 5.79. The maximum Gasteiger partial charge on any atom is 0.299 e. The normalized spacial score (nSPS) is 17.7. The first-order chi connectivity index (χ1) is 15.3. The van der Waals surface area contributed by atoms with E-state index in [1.54, 1.807) is 17.1 Å². The number of fused-ring (bicyclic) bond motifs is 2. The van der Waals surface area contributed by atoms with Gasteiger partial charge in [0.1, 0.15) is 24.2 Å². The molecule has 0 aromatic carbocycles. The number of hydrogen-bond acceptors (Lipinski definition) is 7. The van der Waals surface area contributed by atoms with E-state index in [1.807, 2.05) is 35.5 Å². The number of nitrogens with zero attached hydrogens (tertiary/aromatic N) is 7. The highest BCUT2D eigenvalue weighted by Gasteiger charge is 2.33. The Morgan fingerprint density at radius 1 is 1.26 bits per heavy atom. The van der Waals surface area contributed by atoms with Crippen LogP contribution in [0.5, 0.6) is 0 Å². The number of anilines is 1. The number of halogens is 1. The minimum absolute atomic E-state index is 0.0819. The van der Waals surface area contributed by atoms with Gasteiger partial charge in [-0.25, -0.2) is 19.3 Å². The summed E-state index contributed by atoms with van der Waals surface area (Å²) >= 11 is 0. The van der Waals surface area contributed by atoms with Gasteiger partial charge in [-0.2, -0.15) is 10.1 Å². The van der Waals surface area contributed by atoms with Gasteiger partial charge in [-0.05, 0) is 24.6 Å². The zero-order chi connectivity index (χ0) is 20.8. The molecule has 0 saturated carbocycles. The Balaban J connectivity index is 1.25. The lowest BCUT2D eigenvalue weighted by Crippen LogP contribution is -2.26. The number of H-pyrrole nitrogens is 1. The van der Waals surface area contributed by atoms with Gasteiger partial charge in [0.25, 0.3) is 6.01 Å². The minimum Gasteiger partial charge on any atom is -0.404 e. The standard InChI is InChI=1S/C21H19FN8O/c22-8-17(13-4-7-29(10-13)21-28-16-2-1-5-24-20(16)31-21)30-11-14(9-27-30)18-15-3-6-23-19(15)26-12-25-18/h1-3,5-6,9,11-13,17H,4,7-8,10H2,(H,23,25,26)/t13-,17?/m0/s1. The molecule has 1 aliphatic rings. The van der Waals surface area contributed by atoms with Crippen molar-refractivity contribution in [3.63, 3.8) is 0 Å². The van der Waals surface area contributed by atoms with Gasteiger partial charge in [-0.1, -0.05) is 0 Å². The summed E-state index contributed by atoms with van der Waals surface area (Å²) in [5.41, 5.74) is 3.62. The first-order valence-electron chi connectivity index (χ1n) is 10.2. The predicted molar refractivity (Wildman–Crippen MR) is 112 cm³/mol. The molecule has 0 aliphatic carbocycles. The summed E-state index contributed by atoms with van der Waals surface area (Å²) in [6.45, 7) is 0.891. The van der Waals surface area contributed by atoms with E-state index in [1.165, 1.54) is 6.33 Å². The number of nitrogens with one attached hydrogen (secondary N) is 1. The second kappa shape index (κ2) is 7.15. The fourth-order valence-corrected chi connectivity index (χ4v) is 4.33. The first-order valence-corrected chi connectivity index (χ1v) is 10.2. The number of aromatic nitrogens is 7. The highest BCUT2D eigenvalue weighted by molar-refractivity contribution is 5.89. The number of aromatic amines is 1. The smallest absolute Gasteiger partial charge is 0.299 e. The van der Waals surface area contributed by atoms with Crippen LogP contribution in [0.1, 0.15) is 12.5 Å². The average molecular weight is 418 g/mol. The lowest BCUT2D eigenvalue weighted by atomic mass is 10.0. The Morgan fingerprint density at radius 3 is 3.13 bits per heavy atom. The molecule has 10 heteroatoms. The molecule has 0 radical (unpaired) electrons. The Labute approximate surface area is 176 Å². The van der Waals surface area contributed by atoms with Gasteiger partial charge >= 0.3 is 0 Å². The van der Waals surface area contributed by atoms with Gasteiger partial charge < -0.3 is 14.3 Å². The van der Waals surface area contributed by atoms with Gasteiger partial charge in [-0.15, -0.1) is 0 Å². The molecule has 1 N–H and O–H groups in total. The van der Waals surface area contributed by atoms with Crippen LogP contribution in [-0.4, -0.2) is 54.5 Å². The summed E-state index contributed by atoms with van der Waals surface area (Å²) in [6.07, 6.45) is 9.44. The molecule has 6 heterocycles. The lowest BCUT2D eigenvalue weighted by molar-refractivity contribution is 0.256. The molecule has 0 amide bonds. The van der Waals surface area contributed by atoms with Crippen molar-refractivity contribution in [3.05, 3.63) is 49.3 Å². The SMILES string of the molecule is FCC([C@H]1CCN(c2nc3cccnc3o2)C1)n1cc(-c2ncnc3[nH]ccc23)cn1. The van der Waals surface area contributed by atoms with E-state index >= 15 is 0 Å². The fourth-order valence-electron chi connectivity index (χ4n) is 4.33. The summed E-state index contributed by atoms with van der Waals surface area (Å²) in [4.78, 5) is 22.5. The van der Waals surface area contributed by atoms with Crippen molar-refractivity contribution in [2.45, 2.75) is 12.5 Å². The molecule has 5 aromatic heterocycles. The molecule has 6 rings (SSSR count). The van der Waals surface area contributed by atoms with Gasteiger partial charge in [0.15, 0.2) is 0 Å². The topological polar surface area (TPSA) is 102 Å².